The third-order valence-electron chi connectivity index (χ3n) is 10.3. The SMILES string of the molecule is CCCCC/C=C\C/C=C\CCCCCCCCOCC(CCN1C(C)CCC1C)OCCCCCCCC/C=C\C/C=C\CCCCC. The lowest BCUT2D eigenvalue weighted by atomic mass is 10.1. The molecule has 3 nitrogen and oxygen atoms in total. The van der Waals surface area contributed by atoms with Crippen LogP contribution < -0.4 is 0 Å². The summed E-state index contributed by atoms with van der Waals surface area (Å²) in [5, 5.41) is 0. The van der Waals surface area contributed by atoms with Crippen LogP contribution in [0.4, 0.5) is 0 Å². The zero-order chi connectivity index (χ0) is 35.3. The highest BCUT2D eigenvalue weighted by Crippen LogP contribution is 2.24. The predicted octanol–water partition coefficient (Wildman–Crippen LogP) is 14.3. The first-order chi connectivity index (χ1) is 24.2. The third-order valence-corrected chi connectivity index (χ3v) is 10.3. The summed E-state index contributed by atoms with van der Waals surface area (Å²) in [7, 11) is 0. The van der Waals surface area contributed by atoms with Crippen molar-refractivity contribution in [1.82, 2.24) is 4.90 Å². The quantitative estimate of drug-likeness (QED) is 0.0485. The van der Waals surface area contributed by atoms with E-state index in [-0.39, 0.29) is 6.10 Å². The number of hydrogen-bond acceptors (Lipinski definition) is 3. The number of nitrogens with zero attached hydrogens (tertiary/aromatic N) is 1. The van der Waals surface area contributed by atoms with Crippen molar-refractivity contribution in [2.24, 2.45) is 0 Å². The summed E-state index contributed by atoms with van der Waals surface area (Å²) in [4.78, 5) is 2.69. The molecule has 0 radical (unpaired) electrons. The normalized spacial score (nSPS) is 18.0. The molecule has 0 saturated carbocycles. The molecule has 49 heavy (non-hydrogen) atoms. The van der Waals surface area contributed by atoms with Crippen molar-refractivity contribution in [3.63, 3.8) is 0 Å². The Morgan fingerprint density at radius 2 is 0.918 bits per heavy atom. The van der Waals surface area contributed by atoms with E-state index in [9.17, 15) is 0 Å². The van der Waals surface area contributed by atoms with Crippen LogP contribution in [0, 0.1) is 0 Å². The summed E-state index contributed by atoms with van der Waals surface area (Å²) < 4.78 is 12.6. The van der Waals surface area contributed by atoms with E-state index >= 15 is 0 Å². The summed E-state index contributed by atoms with van der Waals surface area (Å²) in [6.45, 7) is 13.0. The maximum absolute atomic E-state index is 6.45. The fourth-order valence-electron chi connectivity index (χ4n) is 6.94. The van der Waals surface area contributed by atoms with Gasteiger partial charge in [-0.25, -0.2) is 0 Å². The van der Waals surface area contributed by atoms with Crippen LogP contribution in [0.3, 0.4) is 0 Å². The molecule has 0 spiro atoms. The zero-order valence-electron chi connectivity index (χ0n) is 33.5. The number of hydrogen-bond donors (Lipinski definition) is 0. The molecule has 3 atom stereocenters. The minimum atomic E-state index is 0.238. The van der Waals surface area contributed by atoms with E-state index in [1.807, 2.05) is 0 Å². The van der Waals surface area contributed by atoms with E-state index < -0.39 is 0 Å². The summed E-state index contributed by atoms with van der Waals surface area (Å²) in [6, 6.07) is 1.42. The first-order valence-electron chi connectivity index (χ1n) is 21.7. The van der Waals surface area contributed by atoms with Crippen LogP contribution >= 0.6 is 0 Å². The van der Waals surface area contributed by atoms with Gasteiger partial charge in [-0.05, 0) is 110 Å². The molecule has 286 valence electrons. The third kappa shape index (κ3) is 30.2. The Morgan fingerprint density at radius 1 is 0.510 bits per heavy atom. The van der Waals surface area contributed by atoms with Gasteiger partial charge in [0.05, 0.1) is 12.7 Å². The van der Waals surface area contributed by atoms with Crippen molar-refractivity contribution in [2.45, 2.75) is 219 Å². The Balaban J connectivity index is 2.08. The second kappa shape index (κ2) is 36.6. The molecular formula is C46H85NO2. The van der Waals surface area contributed by atoms with Crippen molar-refractivity contribution in [1.29, 1.82) is 0 Å². The number of rotatable bonds is 36. The van der Waals surface area contributed by atoms with Gasteiger partial charge < -0.3 is 9.47 Å². The van der Waals surface area contributed by atoms with Crippen LogP contribution in [0.1, 0.15) is 201 Å². The molecule has 0 N–H and O–H groups in total. The minimum Gasteiger partial charge on any atom is -0.379 e. The smallest absolute Gasteiger partial charge is 0.0820 e. The molecule has 0 aromatic heterocycles. The molecule has 1 rings (SSSR count). The highest BCUT2D eigenvalue weighted by Gasteiger charge is 2.27. The fourth-order valence-corrected chi connectivity index (χ4v) is 6.94. The van der Waals surface area contributed by atoms with Crippen molar-refractivity contribution in [2.75, 3.05) is 26.4 Å². The lowest BCUT2D eigenvalue weighted by Crippen LogP contribution is -2.36. The van der Waals surface area contributed by atoms with Crippen molar-refractivity contribution in [3.05, 3.63) is 48.6 Å². The minimum absolute atomic E-state index is 0.238. The first kappa shape index (κ1) is 45.9. The van der Waals surface area contributed by atoms with Crippen LogP contribution in [0.5, 0.6) is 0 Å². The van der Waals surface area contributed by atoms with Gasteiger partial charge in [-0.3, -0.25) is 4.90 Å². The lowest BCUT2D eigenvalue weighted by Gasteiger charge is -2.28. The van der Waals surface area contributed by atoms with E-state index in [1.165, 1.54) is 154 Å². The van der Waals surface area contributed by atoms with Crippen molar-refractivity contribution >= 4 is 0 Å². The van der Waals surface area contributed by atoms with Gasteiger partial charge in [-0.2, -0.15) is 0 Å². The van der Waals surface area contributed by atoms with Gasteiger partial charge in [-0.1, -0.05) is 140 Å². The van der Waals surface area contributed by atoms with Gasteiger partial charge in [0.1, 0.15) is 0 Å². The maximum Gasteiger partial charge on any atom is 0.0820 e. The Hall–Kier alpha value is -1.16. The largest absolute Gasteiger partial charge is 0.379 e. The number of ether oxygens (including phenoxy) is 2. The van der Waals surface area contributed by atoms with E-state index in [4.69, 9.17) is 9.47 Å². The van der Waals surface area contributed by atoms with Gasteiger partial charge in [0, 0.05) is 31.8 Å². The van der Waals surface area contributed by atoms with E-state index in [0.29, 0.717) is 12.1 Å². The molecule has 3 unspecified atom stereocenters. The Labute approximate surface area is 307 Å². The molecule has 0 aliphatic carbocycles. The van der Waals surface area contributed by atoms with Crippen LogP contribution in [-0.2, 0) is 9.47 Å². The zero-order valence-corrected chi connectivity index (χ0v) is 33.5. The van der Waals surface area contributed by atoms with E-state index in [2.05, 4.69) is 81.2 Å². The topological polar surface area (TPSA) is 21.7 Å². The fraction of sp³-hybridized carbons (Fsp3) is 0.826. The highest BCUT2D eigenvalue weighted by atomic mass is 16.5. The van der Waals surface area contributed by atoms with Gasteiger partial charge in [0.25, 0.3) is 0 Å². The molecule has 0 aromatic carbocycles. The average Bonchev–Trinajstić information content (AvgIpc) is 3.43. The second-order valence-electron chi connectivity index (χ2n) is 15.0. The number of allylic oxidation sites excluding steroid dienone is 8. The highest BCUT2D eigenvalue weighted by molar-refractivity contribution is 4.93. The monoisotopic (exact) mass is 684 g/mol. The molecule has 1 aliphatic rings. The number of unbranched alkanes of at least 4 members (excludes halogenated alkanes) is 18. The molecule has 0 amide bonds. The van der Waals surface area contributed by atoms with E-state index in [1.54, 1.807) is 0 Å². The molecule has 0 aromatic rings. The van der Waals surface area contributed by atoms with Gasteiger partial charge in [0.2, 0.25) is 0 Å². The summed E-state index contributed by atoms with van der Waals surface area (Å²) in [6.07, 6.45) is 53.7. The molecular weight excluding hydrogens is 599 g/mol. The molecule has 1 aliphatic heterocycles. The predicted molar refractivity (Wildman–Crippen MR) is 219 cm³/mol. The lowest BCUT2D eigenvalue weighted by molar-refractivity contribution is -0.0277. The van der Waals surface area contributed by atoms with Crippen LogP contribution in [0.15, 0.2) is 48.6 Å². The van der Waals surface area contributed by atoms with E-state index in [0.717, 1.165) is 45.6 Å². The van der Waals surface area contributed by atoms with Crippen molar-refractivity contribution < 1.29 is 9.47 Å². The van der Waals surface area contributed by atoms with Crippen molar-refractivity contribution in [3.8, 4) is 0 Å². The first-order valence-corrected chi connectivity index (χ1v) is 21.7. The van der Waals surface area contributed by atoms with Gasteiger partial charge in [0.15, 0.2) is 0 Å². The summed E-state index contributed by atoms with van der Waals surface area (Å²) in [5.74, 6) is 0. The Kier molecular flexibility index (Phi) is 34.3. The molecule has 1 saturated heterocycles. The molecule has 3 heteroatoms. The van der Waals surface area contributed by atoms with Gasteiger partial charge >= 0.3 is 0 Å². The Bertz CT molecular complexity index is 776. The van der Waals surface area contributed by atoms with Crippen LogP contribution in [0.25, 0.3) is 0 Å². The standard InChI is InChI=1S/C46H85NO2/c1-5-7-9-11-13-15-17-19-21-23-25-27-29-31-33-35-41-48-43-46(39-40-47-44(3)37-38-45(47)4)49-42-36-34-32-30-28-26-24-22-20-18-16-14-12-10-8-6-2/h13-16,19-22,44-46H,5-12,17-18,23-43H2,1-4H3/b15-13-,16-14-,21-19-,22-20-. The van der Waals surface area contributed by atoms with Crippen LogP contribution in [0.2, 0.25) is 0 Å². The van der Waals surface area contributed by atoms with Gasteiger partial charge in [-0.15, -0.1) is 0 Å². The summed E-state index contributed by atoms with van der Waals surface area (Å²) >= 11 is 0. The Morgan fingerprint density at radius 3 is 1.39 bits per heavy atom. The molecule has 1 heterocycles. The molecule has 0 bridgehead atoms. The maximum atomic E-state index is 6.45. The average molecular weight is 684 g/mol. The summed E-state index contributed by atoms with van der Waals surface area (Å²) in [5.41, 5.74) is 0. The van der Waals surface area contributed by atoms with Crippen LogP contribution in [-0.4, -0.2) is 49.5 Å². The number of likely N-dealkylation sites (tertiary alicyclic amines) is 1. The molecule has 1 fully saturated rings. The second-order valence-corrected chi connectivity index (χ2v) is 15.0.